The highest BCUT2D eigenvalue weighted by molar-refractivity contribution is 7.89. The Balaban J connectivity index is 1.46. The highest BCUT2D eigenvalue weighted by atomic mass is 32.2. The summed E-state index contributed by atoms with van der Waals surface area (Å²) >= 11 is 0. The number of nitrogens with one attached hydrogen (secondary N) is 2. The molecule has 3 aromatic rings. The Labute approximate surface area is 187 Å². The number of phenols is 1. The van der Waals surface area contributed by atoms with Crippen molar-refractivity contribution >= 4 is 21.6 Å². The lowest BCUT2D eigenvalue weighted by molar-refractivity contribution is 0.102. The fraction of sp³-hybridized carbons (Fsp3) is 0.304. The van der Waals surface area contributed by atoms with Crippen molar-refractivity contribution in [3.63, 3.8) is 0 Å². The Morgan fingerprint density at radius 3 is 2.38 bits per heavy atom. The first-order valence-electron chi connectivity index (χ1n) is 10.6. The topological polar surface area (TPSA) is 115 Å². The number of amides is 1. The third-order valence-corrected chi connectivity index (χ3v) is 7.48. The summed E-state index contributed by atoms with van der Waals surface area (Å²) in [5.41, 5.74) is 2.59. The first-order chi connectivity index (χ1) is 15.3. The second-order valence-electron chi connectivity index (χ2n) is 7.98. The predicted octanol–water partition coefficient (Wildman–Crippen LogP) is 3.91. The maximum Gasteiger partial charge on any atom is 0.273 e. The molecule has 0 atom stereocenters. The summed E-state index contributed by atoms with van der Waals surface area (Å²) in [6, 6.07) is 13.0. The molecular weight excluding hydrogens is 428 g/mol. The lowest BCUT2D eigenvalue weighted by Crippen LogP contribution is -2.31. The van der Waals surface area contributed by atoms with E-state index in [0.29, 0.717) is 30.0 Å². The first kappa shape index (κ1) is 22.0. The van der Waals surface area contributed by atoms with E-state index in [1.165, 1.54) is 12.1 Å². The molecule has 1 aromatic heterocycles. The number of aryl methyl sites for hydroxylation is 1. The van der Waals surface area contributed by atoms with Gasteiger partial charge >= 0.3 is 0 Å². The molecule has 0 saturated carbocycles. The van der Waals surface area contributed by atoms with E-state index in [1.54, 1.807) is 34.6 Å². The van der Waals surface area contributed by atoms with Gasteiger partial charge in [0.2, 0.25) is 10.0 Å². The molecule has 1 fully saturated rings. The summed E-state index contributed by atoms with van der Waals surface area (Å²) in [6.45, 7) is 2.95. The molecule has 32 heavy (non-hydrogen) atoms. The number of aromatic amines is 1. The predicted molar refractivity (Wildman–Crippen MR) is 122 cm³/mol. The van der Waals surface area contributed by atoms with E-state index in [1.807, 2.05) is 13.0 Å². The molecule has 3 N–H and O–H groups in total. The van der Waals surface area contributed by atoms with Gasteiger partial charge < -0.3 is 10.4 Å². The van der Waals surface area contributed by atoms with E-state index in [9.17, 15) is 18.3 Å². The molecule has 4 rings (SSSR count). The molecule has 0 radical (unpaired) electrons. The molecule has 2 aromatic carbocycles. The van der Waals surface area contributed by atoms with Crippen LogP contribution in [0.1, 0.15) is 41.7 Å². The summed E-state index contributed by atoms with van der Waals surface area (Å²) in [5, 5.41) is 19.6. The standard InChI is InChI=1S/C23H26N4O4S/c1-16-6-11-19(22(28)14-16)20-15-21(26-25-20)23(29)24-17-7-9-18(10-8-17)32(30,31)27-12-4-2-3-5-13-27/h6-11,14-15,28H,2-5,12-13H2,1H3,(H,24,29)(H,25,26). The van der Waals surface area contributed by atoms with E-state index in [0.717, 1.165) is 31.2 Å². The minimum Gasteiger partial charge on any atom is -0.507 e. The zero-order valence-corrected chi connectivity index (χ0v) is 18.7. The average Bonchev–Trinajstić information content (AvgIpc) is 3.08. The fourth-order valence-corrected chi connectivity index (χ4v) is 5.29. The van der Waals surface area contributed by atoms with Crippen LogP contribution in [0.25, 0.3) is 11.3 Å². The third-order valence-electron chi connectivity index (χ3n) is 5.57. The van der Waals surface area contributed by atoms with Crippen molar-refractivity contribution in [1.29, 1.82) is 0 Å². The van der Waals surface area contributed by atoms with Crippen molar-refractivity contribution in [2.75, 3.05) is 18.4 Å². The molecule has 0 aliphatic carbocycles. The number of aromatic nitrogens is 2. The summed E-state index contributed by atoms with van der Waals surface area (Å²) < 4.78 is 27.3. The first-order valence-corrected chi connectivity index (χ1v) is 12.1. The van der Waals surface area contributed by atoms with E-state index >= 15 is 0 Å². The van der Waals surface area contributed by atoms with Gasteiger partial charge in [0.25, 0.3) is 5.91 Å². The Hall–Kier alpha value is -3.17. The van der Waals surface area contributed by atoms with Gasteiger partial charge in [0.05, 0.1) is 10.6 Å². The molecule has 1 aliphatic rings. The molecule has 1 aliphatic heterocycles. The van der Waals surface area contributed by atoms with E-state index < -0.39 is 15.9 Å². The van der Waals surface area contributed by atoms with Gasteiger partial charge in [0.1, 0.15) is 11.4 Å². The van der Waals surface area contributed by atoms with Crippen molar-refractivity contribution < 1.29 is 18.3 Å². The Morgan fingerprint density at radius 2 is 1.72 bits per heavy atom. The Bertz CT molecular complexity index is 1210. The number of H-pyrrole nitrogens is 1. The van der Waals surface area contributed by atoms with Crippen LogP contribution in [0.5, 0.6) is 5.75 Å². The van der Waals surface area contributed by atoms with Crippen molar-refractivity contribution in [1.82, 2.24) is 14.5 Å². The lowest BCUT2D eigenvalue weighted by Gasteiger charge is -2.20. The molecule has 2 heterocycles. The number of carbonyl (C=O) groups is 1. The van der Waals surface area contributed by atoms with Gasteiger partial charge in [-0.2, -0.15) is 9.40 Å². The Morgan fingerprint density at radius 1 is 1.03 bits per heavy atom. The number of rotatable bonds is 5. The van der Waals surface area contributed by atoms with Crippen LogP contribution in [-0.2, 0) is 10.0 Å². The van der Waals surface area contributed by atoms with E-state index in [2.05, 4.69) is 15.5 Å². The molecule has 8 nitrogen and oxygen atoms in total. The number of nitrogens with zero attached hydrogens (tertiary/aromatic N) is 2. The Kier molecular flexibility index (Phi) is 6.29. The van der Waals surface area contributed by atoms with Crippen molar-refractivity contribution in [2.24, 2.45) is 0 Å². The second kappa shape index (κ2) is 9.13. The normalized spacial score (nSPS) is 15.3. The molecule has 0 unspecified atom stereocenters. The maximum absolute atomic E-state index is 12.9. The number of phenolic OH excluding ortho intramolecular Hbond substituents is 1. The number of sulfonamides is 1. The van der Waals surface area contributed by atoms with Gasteiger partial charge in [-0.25, -0.2) is 8.42 Å². The molecule has 1 amide bonds. The van der Waals surface area contributed by atoms with Crippen LogP contribution < -0.4 is 5.32 Å². The SMILES string of the molecule is Cc1ccc(-c2cc(C(=O)Nc3ccc(S(=O)(=O)N4CCCCCC4)cc3)[nH]n2)c(O)c1. The minimum absolute atomic E-state index is 0.0877. The lowest BCUT2D eigenvalue weighted by atomic mass is 10.1. The van der Waals surface area contributed by atoms with Crippen LogP contribution in [0.4, 0.5) is 5.69 Å². The molecule has 0 spiro atoms. The molecule has 168 valence electrons. The number of benzene rings is 2. The molecule has 9 heteroatoms. The van der Waals surface area contributed by atoms with Gasteiger partial charge in [-0.1, -0.05) is 18.9 Å². The quantitative estimate of drug-likeness (QED) is 0.541. The van der Waals surface area contributed by atoms with Gasteiger partial charge in [0, 0.05) is 24.3 Å². The summed E-state index contributed by atoms with van der Waals surface area (Å²) in [5.74, 6) is -0.330. The molecule has 1 saturated heterocycles. The van der Waals surface area contributed by atoms with Gasteiger partial charge in [0.15, 0.2) is 0 Å². The average molecular weight is 455 g/mol. The summed E-state index contributed by atoms with van der Waals surface area (Å²) in [4.78, 5) is 12.8. The van der Waals surface area contributed by atoms with Crippen molar-refractivity contribution in [3.8, 4) is 17.0 Å². The van der Waals surface area contributed by atoms with Crippen molar-refractivity contribution in [3.05, 3.63) is 59.8 Å². The van der Waals surface area contributed by atoms with Crippen LogP contribution in [0.2, 0.25) is 0 Å². The second-order valence-corrected chi connectivity index (χ2v) is 9.92. The van der Waals surface area contributed by atoms with Crippen molar-refractivity contribution in [2.45, 2.75) is 37.5 Å². The smallest absolute Gasteiger partial charge is 0.273 e. The fourth-order valence-electron chi connectivity index (χ4n) is 3.77. The van der Waals surface area contributed by atoms with E-state index in [-0.39, 0.29) is 16.3 Å². The largest absolute Gasteiger partial charge is 0.507 e. The summed E-state index contributed by atoms with van der Waals surface area (Å²) in [7, 11) is -3.54. The molecular formula is C23H26N4O4S. The highest BCUT2D eigenvalue weighted by Crippen LogP contribution is 2.29. The highest BCUT2D eigenvalue weighted by Gasteiger charge is 2.25. The number of carbonyl (C=O) groups excluding carboxylic acids is 1. The monoisotopic (exact) mass is 454 g/mol. The van der Waals surface area contributed by atoms with Crippen LogP contribution in [0.3, 0.4) is 0 Å². The van der Waals surface area contributed by atoms with Crippen LogP contribution in [0, 0.1) is 6.92 Å². The number of anilines is 1. The van der Waals surface area contributed by atoms with E-state index in [4.69, 9.17) is 0 Å². The maximum atomic E-state index is 12.9. The zero-order chi connectivity index (χ0) is 22.7. The molecule has 0 bridgehead atoms. The van der Waals surface area contributed by atoms with Crippen LogP contribution in [-0.4, -0.2) is 47.0 Å². The number of hydrogen-bond acceptors (Lipinski definition) is 5. The van der Waals surface area contributed by atoms with Crippen LogP contribution in [0.15, 0.2) is 53.4 Å². The third kappa shape index (κ3) is 4.68. The van der Waals surface area contributed by atoms with Gasteiger partial charge in [-0.05, 0) is 67.8 Å². The number of aromatic hydroxyl groups is 1. The minimum atomic E-state index is -3.54. The summed E-state index contributed by atoms with van der Waals surface area (Å²) in [6.07, 6.45) is 3.85. The van der Waals surface area contributed by atoms with Crippen LogP contribution >= 0.6 is 0 Å². The van der Waals surface area contributed by atoms with Gasteiger partial charge in [-0.15, -0.1) is 0 Å². The van der Waals surface area contributed by atoms with Gasteiger partial charge in [-0.3, -0.25) is 9.89 Å². The number of hydrogen-bond donors (Lipinski definition) is 3. The zero-order valence-electron chi connectivity index (χ0n) is 17.8.